The van der Waals surface area contributed by atoms with Gasteiger partial charge in [0, 0.05) is 12.1 Å². The highest BCUT2D eigenvalue weighted by molar-refractivity contribution is 5.85. The van der Waals surface area contributed by atoms with Gasteiger partial charge in [-0.2, -0.15) is 0 Å². The van der Waals surface area contributed by atoms with Crippen LogP contribution in [-0.4, -0.2) is 32.1 Å². The third-order valence-corrected chi connectivity index (χ3v) is 5.08. The summed E-state index contributed by atoms with van der Waals surface area (Å²) in [6, 6.07) is 18.1. The predicted molar refractivity (Wildman–Crippen MR) is 112 cm³/mol. The molecule has 1 aliphatic heterocycles. The third kappa shape index (κ3) is 6.26. The summed E-state index contributed by atoms with van der Waals surface area (Å²) in [5.41, 5.74) is 2.38. The lowest BCUT2D eigenvalue weighted by atomic mass is 9.81. The fourth-order valence-electron chi connectivity index (χ4n) is 3.31. The highest BCUT2D eigenvalue weighted by atomic mass is 35.5. The van der Waals surface area contributed by atoms with Gasteiger partial charge in [0.05, 0.1) is 13.0 Å². The summed E-state index contributed by atoms with van der Waals surface area (Å²) in [5, 5.41) is 6.44. The minimum atomic E-state index is 0. The van der Waals surface area contributed by atoms with E-state index in [0.717, 1.165) is 49.4 Å². The van der Waals surface area contributed by atoms with Crippen LogP contribution < -0.4 is 15.4 Å². The van der Waals surface area contributed by atoms with Crippen LogP contribution >= 0.6 is 12.4 Å². The van der Waals surface area contributed by atoms with Crippen molar-refractivity contribution in [2.24, 2.45) is 5.41 Å². The first-order chi connectivity index (χ1) is 12.7. The minimum absolute atomic E-state index is 0. The van der Waals surface area contributed by atoms with Gasteiger partial charge in [0.1, 0.15) is 5.75 Å². The van der Waals surface area contributed by atoms with Crippen molar-refractivity contribution in [3.63, 3.8) is 0 Å². The number of hydrogen-bond donors (Lipinski definition) is 2. The van der Waals surface area contributed by atoms with E-state index < -0.39 is 0 Å². The second kappa shape index (κ2) is 10.3. The van der Waals surface area contributed by atoms with Crippen LogP contribution in [0.5, 0.6) is 5.75 Å². The lowest BCUT2D eigenvalue weighted by Gasteiger charge is -2.34. The summed E-state index contributed by atoms with van der Waals surface area (Å²) in [6.07, 6.45) is 2.58. The Kier molecular flexibility index (Phi) is 8.14. The van der Waals surface area contributed by atoms with Crippen LogP contribution in [0.3, 0.4) is 0 Å². The summed E-state index contributed by atoms with van der Waals surface area (Å²) in [6.45, 7) is 5.44. The number of benzene rings is 2. The Morgan fingerprint density at radius 1 is 1.07 bits per heavy atom. The van der Waals surface area contributed by atoms with E-state index in [1.807, 2.05) is 42.5 Å². The predicted octanol–water partition coefficient (Wildman–Crippen LogP) is 4.05. The molecule has 2 aromatic carbocycles. The Bertz CT molecular complexity index is 715. The van der Waals surface area contributed by atoms with Gasteiger partial charge in [-0.25, -0.2) is 0 Å². The zero-order valence-corrected chi connectivity index (χ0v) is 16.7. The fraction of sp³-hybridized carbons (Fsp3) is 0.409. The number of rotatable bonds is 7. The number of para-hydroxylation sites is 1. The van der Waals surface area contributed by atoms with E-state index in [9.17, 15) is 4.79 Å². The average molecular weight is 389 g/mol. The lowest BCUT2D eigenvalue weighted by Crippen LogP contribution is -2.43. The molecule has 0 aliphatic carbocycles. The normalized spacial score (nSPS) is 15.4. The van der Waals surface area contributed by atoms with Crippen molar-refractivity contribution in [3.8, 4) is 16.9 Å². The van der Waals surface area contributed by atoms with Crippen molar-refractivity contribution in [1.29, 1.82) is 0 Å². The second-order valence-corrected chi connectivity index (χ2v) is 7.30. The van der Waals surface area contributed by atoms with Crippen LogP contribution in [0.4, 0.5) is 0 Å². The maximum atomic E-state index is 12.2. The third-order valence-electron chi connectivity index (χ3n) is 5.08. The zero-order valence-electron chi connectivity index (χ0n) is 15.9. The Labute approximate surface area is 168 Å². The Morgan fingerprint density at radius 2 is 1.74 bits per heavy atom. The Balaban J connectivity index is 0.00000261. The summed E-state index contributed by atoms with van der Waals surface area (Å²) in [7, 11) is 0. The highest BCUT2D eigenvalue weighted by Gasteiger charge is 2.26. The number of carbonyl (C=O) groups is 1. The molecule has 3 rings (SSSR count). The number of nitrogens with one attached hydrogen (secondary N) is 2. The molecule has 0 aromatic heterocycles. The van der Waals surface area contributed by atoms with E-state index >= 15 is 0 Å². The summed E-state index contributed by atoms with van der Waals surface area (Å²) in [5.74, 6) is 0.874. The maximum Gasteiger partial charge on any atom is 0.223 e. The number of ether oxygens (including phenoxy) is 1. The average Bonchev–Trinajstić information content (AvgIpc) is 2.68. The quantitative estimate of drug-likeness (QED) is 0.752. The SMILES string of the molecule is CC1(CNC(=O)CCOc2ccccc2-c2ccccc2)CCNCC1.Cl. The second-order valence-electron chi connectivity index (χ2n) is 7.30. The van der Waals surface area contributed by atoms with Crippen molar-refractivity contribution < 1.29 is 9.53 Å². The van der Waals surface area contributed by atoms with E-state index in [2.05, 4.69) is 29.7 Å². The zero-order chi connectivity index (χ0) is 18.2. The molecule has 1 fully saturated rings. The molecule has 4 nitrogen and oxygen atoms in total. The molecule has 5 heteroatoms. The molecule has 1 aliphatic rings. The Morgan fingerprint density at radius 3 is 2.48 bits per heavy atom. The molecule has 146 valence electrons. The molecular weight excluding hydrogens is 360 g/mol. The van der Waals surface area contributed by atoms with Crippen LogP contribution in [0.25, 0.3) is 11.1 Å². The molecular formula is C22H29ClN2O2. The molecule has 2 aromatic rings. The molecule has 0 unspecified atom stereocenters. The molecule has 0 spiro atoms. The number of amides is 1. The van der Waals surface area contributed by atoms with Gasteiger partial charge in [-0.05, 0) is 43.0 Å². The molecule has 27 heavy (non-hydrogen) atoms. The van der Waals surface area contributed by atoms with E-state index in [1.54, 1.807) is 0 Å². The van der Waals surface area contributed by atoms with Crippen molar-refractivity contribution in [3.05, 3.63) is 54.6 Å². The fourth-order valence-corrected chi connectivity index (χ4v) is 3.31. The first kappa shape index (κ1) is 21.3. The number of halogens is 1. The first-order valence-corrected chi connectivity index (χ1v) is 9.41. The summed E-state index contributed by atoms with van der Waals surface area (Å²) < 4.78 is 5.91. The van der Waals surface area contributed by atoms with Gasteiger partial charge in [-0.15, -0.1) is 12.4 Å². The summed E-state index contributed by atoms with van der Waals surface area (Å²) in [4.78, 5) is 12.2. The first-order valence-electron chi connectivity index (χ1n) is 9.41. The van der Waals surface area contributed by atoms with Gasteiger partial charge in [0.25, 0.3) is 0 Å². The van der Waals surface area contributed by atoms with Crippen molar-refractivity contribution in [2.45, 2.75) is 26.2 Å². The van der Waals surface area contributed by atoms with Crippen LogP contribution in [0.15, 0.2) is 54.6 Å². The van der Waals surface area contributed by atoms with Crippen molar-refractivity contribution in [2.75, 3.05) is 26.2 Å². The smallest absolute Gasteiger partial charge is 0.223 e. The van der Waals surface area contributed by atoms with Gasteiger partial charge in [0.2, 0.25) is 5.91 Å². The van der Waals surface area contributed by atoms with Crippen LogP contribution in [0.1, 0.15) is 26.2 Å². The minimum Gasteiger partial charge on any atom is -0.492 e. The van der Waals surface area contributed by atoms with E-state index in [1.165, 1.54) is 0 Å². The standard InChI is InChI=1S/C22H28N2O2.ClH/c1-22(12-14-23-15-13-22)17-24-21(25)11-16-26-20-10-6-5-9-19(20)18-7-3-2-4-8-18;/h2-10,23H,11-17H2,1H3,(H,24,25);1H. The maximum absolute atomic E-state index is 12.2. The Hall–Kier alpha value is -2.04. The molecule has 0 atom stereocenters. The molecule has 0 radical (unpaired) electrons. The van der Waals surface area contributed by atoms with Gasteiger partial charge >= 0.3 is 0 Å². The van der Waals surface area contributed by atoms with Crippen LogP contribution in [0.2, 0.25) is 0 Å². The van der Waals surface area contributed by atoms with Gasteiger partial charge < -0.3 is 15.4 Å². The van der Waals surface area contributed by atoms with Crippen LogP contribution in [0, 0.1) is 5.41 Å². The summed E-state index contributed by atoms with van der Waals surface area (Å²) >= 11 is 0. The molecule has 0 bridgehead atoms. The molecule has 0 saturated carbocycles. The molecule has 2 N–H and O–H groups in total. The molecule has 1 saturated heterocycles. The number of piperidine rings is 1. The van der Waals surface area contributed by atoms with Crippen molar-refractivity contribution >= 4 is 18.3 Å². The van der Waals surface area contributed by atoms with E-state index in [-0.39, 0.29) is 23.7 Å². The van der Waals surface area contributed by atoms with Gasteiger partial charge in [-0.3, -0.25) is 4.79 Å². The van der Waals surface area contributed by atoms with E-state index in [0.29, 0.717) is 13.0 Å². The van der Waals surface area contributed by atoms with Gasteiger partial charge in [-0.1, -0.05) is 55.5 Å². The lowest BCUT2D eigenvalue weighted by molar-refractivity contribution is -0.122. The van der Waals surface area contributed by atoms with Crippen molar-refractivity contribution in [1.82, 2.24) is 10.6 Å². The topological polar surface area (TPSA) is 50.4 Å². The van der Waals surface area contributed by atoms with Gasteiger partial charge in [0.15, 0.2) is 0 Å². The van der Waals surface area contributed by atoms with E-state index in [4.69, 9.17) is 4.74 Å². The highest BCUT2D eigenvalue weighted by Crippen LogP contribution is 2.29. The monoisotopic (exact) mass is 388 g/mol. The number of hydrogen-bond acceptors (Lipinski definition) is 3. The largest absolute Gasteiger partial charge is 0.492 e. The molecule has 1 heterocycles. The number of carbonyl (C=O) groups excluding carboxylic acids is 1. The van der Waals surface area contributed by atoms with Crippen LogP contribution in [-0.2, 0) is 4.79 Å². The molecule has 1 amide bonds.